The van der Waals surface area contributed by atoms with Gasteiger partial charge in [-0.1, -0.05) is 44.7 Å². The Kier molecular flexibility index (Phi) is 8.98. The normalized spacial score (nSPS) is 11.8. The molecule has 0 radical (unpaired) electrons. The maximum absolute atomic E-state index is 11.9. The Morgan fingerprint density at radius 2 is 1.87 bits per heavy atom. The van der Waals surface area contributed by atoms with E-state index in [2.05, 4.69) is 17.0 Å². The van der Waals surface area contributed by atoms with Crippen LogP contribution in [0.2, 0.25) is 0 Å². The van der Waals surface area contributed by atoms with E-state index < -0.39 is 6.10 Å². The molecule has 0 fully saturated rings. The number of hydrogen-bond acceptors (Lipinski definition) is 4. The van der Waals surface area contributed by atoms with Gasteiger partial charge in [-0.15, -0.1) is 0 Å². The van der Waals surface area contributed by atoms with Gasteiger partial charge in [0.15, 0.2) is 0 Å². The van der Waals surface area contributed by atoms with Crippen molar-refractivity contribution in [3.05, 3.63) is 35.4 Å². The van der Waals surface area contributed by atoms with E-state index >= 15 is 0 Å². The third kappa shape index (κ3) is 7.28. The standard InChI is InChI=1S/C18H27NO4/c1-3-4-5-6-7-16(20)14-8-10-15(11-9-14)18(22)19-13-12-17(21)23-2/h8-11,16,20H,3-7,12-13H2,1-2H3,(H,19,22). The molecule has 0 spiro atoms. The fourth-order valence-electron chi connectivity index (χ4n) is 2.27. The van der Waals surface area contributed by atoms with Crippen molar-refractivity contribution >= 4 is 11.9 Å². The second-order valence-corrected chi connectivity index (χ2v) is 5.57. The van der Waals surface area contributed by atoms with Crippen molar-refractivity contribution in [3.8, 4) is 0 Å². The Labute approximate surface area is 138 Å². The van der Waals surface area contributed by atoms with E-state index in [0.29, 0.717) is 5.56 Å². The highest BCUT2D eigenvalue weighted by molar-refractivity contribution is 5.94. The molecule has 128 valence electrons. The zero-order valence-electron chi connectivity index (χ0n) is 14.0. The number of benzene rings is 1. The number of methoxy groups -OCH3 is 1. The summed E-state index contributed by atoms with van der Waals surface area (Å²) in [6.07, 6.45) is 4.91. The highest BCUT2D eigenvalue weighted by Gasteiger charge is 2.10. The molecule has 1 aromatic rings. The first-order valence-corrected chi connectivity index (χ1v) is 8.21. The number of nitrogens with one attached hydrogen (secondary N) is 1. The summed E-state index contributed by atoms with van der Waals surface area (Å²) in [5.41, 5.74) is 1.34. The molecule has 23 heavy (non-hydrogen) atoms. The number of carbonyl (C=O) groups is 2. The van der Waals surface area contributed by atoms with E-state index in [9.17, 15) is 14.7 Å². The molecule has 5 nitrogen and oxygen atoms in total. The number of amides is 1. The SMILES string of the molecule is CCCCCCC(O)c1ccc(C(=O)NCCC(=O)OC)cc1. The summed E-state index contributed by atoms with van der Waals surface area (Å²) in [5, 5.41) is 12.8. The van der Waals surface area contributed by atoms with Gasteiger partial charge in [0.1, 0.15) is 0 Å². The fourth-order valence-corrected chi connectivity index (χ4v) is 2.27. The number of ether oxygens (including phenoxy) is 1. The lowest BCUT2D eigenvalue weighted by atomic mass is 10.0. The van der Waals surface area contributed by atoms with E-state index in [1.54, 1.807) is 24.3 Å². The van der Waals surface area contributed by atoms with E-state index in [1.807, 2.05) is 0 Å². The smallest absolute Gasteiger partial charge is 0.307 e. The minimum absolute atomic E-state index is 0.150. The van der Waals surface area contributed by atoms with E-state index in [0.717, 1.165) is 24.8 Å². The number of hydrogen-bond donors (Lipinski definition) is 2. The van der Waals surface area contributed by atoms with Crippen LogP contribution >= 0.6 is 0 Å². The summed E-state index contributed by atoms with van der Waals surface area (Å²) in [6.45, 7) is 2.40. The van der Waals surface area contributed by atoms with Gasteiger partial charge in [0.25, 0.3) is 5.91 Å². The van der Waals surface area contributed by atoms with Crippen LogP contribution < -0.4 is 5.32 Å². The average Bonchev–Trinajstić information content (AvgIpc) is 2.58. The molecule has 0 aliphatic carbocycles. The molecule has 1 unspecified atom stereocenters. The summed E-state index contributed by atoms with van der Waals surface area (Å²) in [5.74, 6) is -0.593. The zero-order valence-corrected chi connectivity index (χ0v) is 14.0. The fraction of sp³-hybridized carbons (Fsp3) is 0.556. The van der Waals surface area contributed by atoms with Crippen LogP contribution in [-0.2, 0) is 9.53 Å². The molecule has 1 aromatic carbocycles. The maximum atomic E-state index is 11.9. The molecule has 0 saturated carbocycles. The van der Waals surface area contributed by atoms with Crippen LogP contribution in [0.15, 0.2) is 24.3 Å². The predicted octanol–water partition coefficient (Wildman–Crippen LogP) is 2.98. The number of aliphatic hydroxyl groups is 1. The van der Waals surface area contributed by atoms with Crippen molar-refractivity contribution in [2.24, 2.45) is 0 Å². The van der Waals surface area contributed by atoms with Crippen molar-refractivity contribution in [3.63, 3.8) is 0 Å². The summed E-state index contributed by atoms with van der Waals surface area (Å²) < 4.78 is 4.51. The lowest BCUT2D eigenvalue weighted by molar-refractivity contribution is -0.140. The van der Waals surface area contributed by atoms with Gasteiger partial charge in [-0.3, -0.25) is 9.59 Å². The molecule has 0 saturated heterocycles. The molecule has 1 amide bonds. The average molecular weight is 321 g/mol. The second kappa shape index (κ2) is 10.8. The van der Waals surface area contributed by atoms with Crippen LogP contribution in [0.3, 0.4) is 0 Å². The topological polar surface area (TPSA) is 75.6 Å². The Bertz CT molecular complexity index is 484. The lowest BCUT2D eigenvalue weighted by Gasteiger charge is -2.11. The van der Waals surface area contributed by atoms with Crippen molar-refractivity contribution < 1.29 is 19.4 Å². The van der Waals surface area contributed by atoms with Gasteiger partial charge in [0.2, 0.25) is 0 Å². The number of esters is 1. The highest BCUT2D eigenvalue weighted by Crippen LogP contribution is 2.20. The predicted molar refractivity (Wildman–Crippen MR) is 89.1 cm³/mol. The summed E-state index contributed by atoms with van der Waals surface area (Å²) in [6, 6.07) is 6.94. The van der Waals surface area contributed by atoms with Gasteiger partial charge in [-0.2, -0.15) is 0 Å². The van der Waals surface area contributed by atoms with E-state index in [-0.39, 0.29) is 24.8 Å². The van der Waals surface area contributed by atoms with Crippen molar-refractivity contribution in [2.45, 2.75) is 51.6 Å². The third-order valence-corrected chi connectivity index (χ3v) is 3.73. The Balaban J connectivity index is 2.42. The van der Waals surface area contributed by atoms with Crippen LogP contribution in [0.1, 0.15) is 67.5 Å². The van der Waals surface area contributed by atoms with Crippen LogP contribution in [0, 0.1) is 0 Å². The summed E-state index contributed by atoms with van der Waals surface area (Å²) in [4.78, 5) is 22.9. The maximum Gasteiger partial charge on any atom is 0.307 e. The van der Waals surface area contributed by atoms with Crippen molar-refractivity contribution in [1.29, 1.82) is 0 Å². The minimum Gasteiger partial charge on any atom is -0.469 e. The zero-order chi connectivity index (χ0) is 17.1. The van der Waals surface area contributed by atoms with Gasteiger partial charge >= 0.3 is 5.97 Å². The molecule has 2 N–H and O–H groups in total. The highest BCUT2D eigenvalue weighted by atomic mass is 16.5. The molecule has 0 aromatic heterocycles. The molecule has 0 aliphatic rings. The number of aliphatic hydroxyl groups excluding tert-OH is 1. The van der Waals surface area contributed by atoms with Gasteiger partial charge in [0, 0.05) is 12.1 Å². The van der Waals surface area contributed by atoms with E-state index in [1.165, 1.54) is 20.0 Å². The van der Waals surface area contributed by atoms with Crippen LogP contribution in [0.25, 0.3) is 0 Å². The van der Waals surface area contributed by atoms with Crippen molar-refractivity contribution in [2.75, 3.05) is 13.7 Å². The number of rotatable bonds is 10. The molecular weight excluding hydrogens is 294 g/mol. The van der Waals surface area contributed by atoms with E-state index in [4.69, 9.17) is 0 Å². The Hall–Kier alpha value is -1.88. The van der Waals surface area contributed by atoms with Crippen LogP contribution in [0.5, 0.6) is 0 Å². The molecule has 0 heterocycles. The molecular formula is C18H27NO4. The largest absolute Gasteiger partial charge is 0.469 e. The summed E-state index contributed by atoms with van der Waals surface area (Å²) >= 11 is 0. The molecule has 1 rings (SSSR count). The number of unbranched alkanes of at least 4 members (excludes halogenated alkanes) is 3. The molecule has 0 aliphatic heterocycles. The molecule has 1 atom stereocenters. The Morgan fingerprint density at radius 1 is 1.17 bits per heavy atom. The lowest BCUT2D eigenvalue weighted by Crippen LogP contribution is -2.26. The van der Waals surface area contributed by atoms with Crippen molar-refractivity contribution in [1.82, 2.24) is 5.32 Å². The summed E-state index contributed by atoms with van der Waals surface area (Å²) in [7, 11) is 1.32. The molecule has 5 heteroatoms. The van der Waals surface area contributed by atoms with Gasteiger partial charge in [0.05, 0.1) is 19.6 Å². The first kappa shape index (κ1) is 19.2. The second-order valence-electron chi connectivity index (χ2n) is 5.57. The molecule has 0 bridgehead atoms. The monoisotopic (exact) mass is 321 g/mol. The third-order valence-electron chi connectivity index (χ3n) is 3.73. The Morgan fingerprint density at radius 3 is 2.48 bits per heavy atom. The minimum atomic E-state index is -0.483. The van der Waals surface area contributed by atoms with Crippen LogP contribution in [0.4, 0.5) is 0 Å². The van der Waals surface area contributed by atoms with Gasteiger partial charge in [-0.25, -0.2) is 0 Å². The quantitative estimate of drug-likeness (QED) is 0.513. The first-order valence-electron chi connectivity index (χ1n) is 8.21. The first-order chi connectivity index (χ1) is 11.1. The van der Waals surface area contributed by atoms with Crippen LogP contribution in [-0.4, -0.2) is 30.6 Å². The van der Waals surface area contributed by atoms with Gasteiger partial charge in [-0.05, 0) is 24.1 Å². The van der Waals surface area contributed by atoms with Gasteiger partial charge < -0.3 is 15.2 Å². The number of carbonyl (C=O) groups excluding carboxylic acids is 2.